The van der Waals surface area contributed by atoms with Gasteiger partial charge in [0, 0.05) is 42.9 Å². The van der Waals surface area contributed by atoms with Crippen LogP contribution in [0.25, 0.3) is 11.3 Å². The van der Waals surface area contributed by atoms with Gasteiger partial charge in [0.25, 0.3) is 5.91 Å². The number of carbonyl (C=O) groups is 2. The van der Waals surface area contributed by atoms with Crippen LogP contribution in [0.3, 0.4) is 0 Å². The van der Waals surface area contributed by atoms with Gasteiger partial charge < -0.3 is 14.6 Å². The second-order valence-corrected chi connectivity index (χ2v) is 8.67. The topological polar surface area (TPSA) is 84.7 Å². The minimum absolute atomic E-state index is 0.0284. The summed E-state index contributed by atoms with van der Waals surface area (Å²) in [6, 6.07) is 4.40. The van der Waals surface area contributed by atoms with Gasteiger partial charge in [-0.15, -0.1) is 0 Å². The molecule has 0 radical (unpaired) electrons. The first-order valence-electron chi connectivity index (χ1n) is 10.9. The van der Waals surface area contributed by atoms with Gasteiger partial charge in [0.2, 0.25) is 5.76 Å². The molecule has 32 heavy (non-hydrogen) atoms. The van der Waals surface area contributed by atoms with E-state index in [1.54, 1.807) is 0 Å². The number of benzene rings is 1. The van der Waals surface area contributed by atoms with Crippen molar-refractivity contribution in [3.8, 4) is 11.3 Å². The summed E-state index contributed by atoms with van der Waals surface area (Å²) in [5, 5.41) is 6.59. The molecule has 1 saturated carbocycles. The van der Waals surface area contributed by atoms with Crippen molar-refractivity contribution in [2.45, 2.75) is 44.7 Å². The van der Waals surface area contributed by atoms with E-state index in [4.69, 9.17) is 9.26 Å². The molecule has 2 unspecified atom stereocenters. The molecule has 1 amide bonds. The highest BCUT2D eigenvalue weighted by molar-refractivity contribution is 5.93. The Bertz CT molecular complexity index is 995. The fourth-order valence-electron chi connectivity index (χ4n) is 4.96. The van der Waals surface area contributed by atoms with Crippen molar-refractivity contribution < 1.29 is 27.6 Å². The first kappa shape index (κ1) is 22.4. The van der Waals surface area contributed by atoms with Crippen LogP contribution in [0.2, 0.25) is 0 Å². The number of rotatable bonds is 5. The van der Waals surface area contributed by atoms with Gasteiger partial charge in [0.1, 0.15) is 17.3 Å². The van der Waals surface area contributed by atoms with E-state index < -0.39 is 29.5 Å². The Morgan fingerprint density at radius 2 is 2.03 bits per heavy atom. The van der Waals surface area contributed by atoms with Crippen molar-refractivity contribution in [3.05, 3.63) is 41.7 Å². The number of piperidine rings is 1. The van der Waals surface area contributed by atoms with Crippen molar-refractivity contribution in [1.29, 1.82) is 0 Å². The second kappa shape index (κ2) is 9.36. The molecule has 7 nitrogen and oxygen atoms in total. The maximum absolute atomic E-state index is 14.0. The van der Waals surface area contributed by atoms with Crippen LogP contribution in [-0.4, -0.2) is 54.2 Å². The monoisotopic (exact) mass is 447 g/mol. The molecule has 4 rings (SSSR count). The molecule has 2 aromatic rings. The van der Waals surface area contributed by atoms with E-state index in [0.717, 1.165) is 25.1 Å². The molecule has 0 bridgehead atoms. The SMILES string of the molecule is COC(=O)[C@@H]1CN(C2CCCC2C)CC[C@H]1NC(=O)c1cc(-c2ccc(F)cc2F)no1. The highest BCUT2D eigenvalue weighted by atomic mass is 19.1. The van der Waals surface area contributed by atoms with Gasteiger partial charge in [0.15, 0.2) is 0 Å². The van der Waals surface area contributed by atoms with Crippen LogP contribution in [-0.2, 0) is 9.53 Å². The number of halogens is 2. The third-order valence-electron chi connectivity index (χ3n) is 6.69. The average molecular weight is 447 g/mol. The largest absolute Gasteiger partial charge is 0.469 e. The summed E-state index contributed by atoms with van der Waals surface area (Å²) in [5.41, 5.74) is 0.114. The molecule has 2 aliphatic rings. The first-order valence-corrected chi connectivity index (χ1v) is 10.9. The summed E-state index contributed by atoms with van der Waals surface area (Å²) in [5.74, 6) is -2.45. The molecule has 1 aliphatic carbocycles. The molecule has 9 heteroatoms. The molecule has 1 saturated heterocycles. The molecule has 2 fully saturated rings. The van der Waals surface area contributed by atoms with E-state index in [0.29, 0.717) is 24.9 Å². The highest BCUT2D eigenvalue weighted by Gasteiger charge is 2.40. The lowest BCUT2D eigenvalue weighted by molar-refractivity contribution is -0.148. The van der Waals surface area contributed by atoms with Crippen LogP contribution >= 0.6 is 0 Å². The third-order valence-corrected chi connectivity index (χ3v) is 6.69. The maximum Gasteiger partial charge on any atom is 0.312 e. The van der Waals surface area contributed by atoms with Gasteiger partial charge in [-0.25, -0.2) is 8.78 Å². The Labute approximate surface area is 185 Å². The summed E-state index contributed by atoms with van der Waals surface area (Å²) < 4.78 is 37.3. The maximum atomic E-state index is 14.0. The molecule has 1 N–H and O–H groups in total. The Kier molecular flexibility index (Phi) is 6.55. The quantitative estimate of drug-likeness (QED) is 0.708. The van der Waals surface area contributed by atoms with Gasteiger partial charge in [-0.3, -0.25) is 14.5 Å². The summed E-state index contributed by atoms with van der Waals surface area (Å²) in [4.78, 5) is 27.6. The van der Waals surface area contributed by atoms with E-state index in [1.807, 2.05) is 0 Å². The molecule has 1 aromatic heterocycles. The average Bonchev–Trinajstić information content (AvgIpc) is 3.43. The number of hydrogen-bond donors (Lipinski definition) is 1. The lowest BCUT2D eigenvalue weighted by Gasteiger charge is -2.41. The van der Waals surface area contributed by atoms with Crippen molar-refractivity contribution in [3.63, 3.8) is 0 Å². The Morgan fingerprint density at radius 1 is 1.22 bits per heavy atom. The summed E-state index contributed by atoms with van der Waals surface area (Å²) >= 11 is 0. The molecular weight excluding hydrogens is 420 g/mol. The van der Waals surface area contributed by atoms with Crippen molar-refractivity contribution >= 4 is 11.9 Å². The van der Waals surface area contributed by atoms with E-state index in [9.17, 15) is 18.4 Å². The normalized spacial score (nSPS) is 26.1. The number of esters is 1. The number of aromatic nitrogens is 1. The Hall–Kier alpha value is -2.81. The fourth-order valence-corrected chi connectivity index (χ4v) is 4.96. The van der Waals surface area contributed by atoms with E-state index in [-0.39, 0.29) is 23.0 Å². The molecule has 0 spiro atoms. The van der Waals surface area contributed by atoms with Crippen LogP contribution in [0, 0.1) is 23.5 Å². The number of ether oxygens (including phenoxy) is 1. The summed E-state index contributed by atoms with van der Waals surface area (Å²) in [6.07, 6.45) is 4.09. The number of nitrogens with zero attached hydrogens (tertiary/aromatic N) is 2. The number of likely N-dealkylation sites (tertiary alicyclic amines) is 1. The predicted molar refractivity (Wildman–Crippen MR) is 112 cm³/mol. The minimum Gasteiger partial charge on any atom is -0.469 e. The van der Waals surface area contributed by atoms with Gasteiger partial charge in [0.05, 0.1) is 13.0 Å². The Balaban J connectivity index is 1.46. The van der Waals surface area contributed by atoms with Crippen LogP contribution in [0.5, 0.6) is 0 Å². The van der Waals surface area contributed by atoms with Crippen molar-refractivity contribution in [2.24, 2.45) is 11.8 Å². The van der Waals surface area contributed by atoms with Crippen LogP contribution < -0.4 is 5.32 Å². The van der Waals surface area contributed by atoms with Gasteiger partial charge in [-0.2, -0.15) is 0 Å². The number of carbonyl (C=O) groups excluding carboxylic acids is 2. The van der Waals surface area contributed by atoms with Crippen LogP contribution in [0.15, 0.2) is 28.8 Å². The smallest absolute Gasteiger partial charge is 0.312 e. The molecule has 1 aliphatic heterocycles. The third kappa shape index (κ3) is 4.53. The zero-order chi connectivity index (χ0) is 22.8. The summed E-state index contributed by atoms with van der Waals surface area (Å²) in [7, 11) is 1.35. The van der Waals surface area contributed by atoms with E-state index in [1.165, 1.54) is 32.1 Å². The van der Waals surface area contributed by atoms with E-state index >= 15 is 0 Å². The number of hydrogen-bond acceptors (Lipinski definition) is 6. The van der Waals surface area contributed by atoms with Gasteiger partial charge >= 0.3 is 5.97 Å². The number of nitrogens with one attached hydrogen (secondary N) is 1. The Morgan fingerprint density at radius 3 is 2.72 bits per heavy atom. The molecule has 4 atom stereocenters. The summed E-state index contributed by atoms with van der Waals surface area (Å²) in [6.45, 7) is 3.54. The zero-order valence-corrected chi connectivity index (χ0v) is 18.1. The molecule has 172 valence electrons. The first-order chi connectivity index (χ1) is 15.4. The van der Waals surface area contributed by atoms with Gasteiger partial charge in [-0.1, -0.05) is 18.5 Å². The lowest BCUT2D eigenvalue weighted by atomic mass is 9.89. The highest BCUT2D eigenvalue weighted by Crippen LogP contribution is 2.33. The zero-order valence-electron chi connectivity index (χ0n) is 18.1. The van der Waals surface area contributed by atoms with Crippen molar-refractivity contribution in [2.75, 3.05) is 20.2 Å². The van der Waals surface area contributed by atoms with Crippen molar-refractivity contribution in [1.82, 2.24) is 15.4 Å². The van der Waals surface area contributed by atoms with Crippen LogP contribution in [0.1, 0.15) is 43.2 Å². The van der Waals surface area contributed by atoms with Gasteiger partial charge in [-0.05, 0) is 37.3 Å². The molecule has 1 aromatic carbocycles. The predicted octanol–water partition coefficient (Wildman–Crippen LogP) is 3.40. The molecule has 2 heterocycles. The number of methoxy groups -OCH3 is 1. The van der Waals surface area contributed by atoms with E-state index in [2.05, 4.69) is 22.3 Å². The standard InChI is InChI=1S/C23H27F2N3O4/c1-13-4-3-5-20(13)28-9-8-18(16(12-28)23(30)31-2)26-22(29)21-11-19(27-32-21)15-7-6-14(24)10-17(15)25/h6-7,10-11,13,16,18,20H,3-5,8-9,12H2,1-2H3,(H,26,29)/t13?,16-,18-,20?/m1/s1. The minimum atomic E-state index is -0.801. The number of amides is 1. The van der Waals surface area contributed by atoms with Crippen LogP contribution in [0.4, 0.5) is 8.78 Å². The fraction of sp³-hybridized carbons (Fsp3) is 0.522. The molecular formula is C23H27F2N3O4. The lowest BCUT2D eigenvalue weighted by Crippen LogP contribution is -2.56. The second-order valence-electron chi connectivity index (χ2n) is 8.67.